The summed E-state index contributed by atoms with van der Waals surface area (Å²) in [6.45, 7) is -6.12. The van der Waals surface area contributed by atoms with Crippen LogP contribution in [0.1, 0.15) is 42.8 Å². The normalized spacial score (nSPS) is 27.2. The number of hydrogen-bond acceptors (Lipinski definition) is 5. The Morgan fingerprint density at radius 2 is 1.97 bits per heavy atom. The van der Waals surface area contributed by atoms with Crippen molar-refractivity contribution in [1.29, 1.82) is 0 Å². The topological polar surface area (TPSA) is 78.0 Å². The number of piperidine rings is 1. The average molecular weight is 513 g/mol. The summed E-state index contributed by atoms with van der Waals surface area (Å²) in [5, 5.41) is 3.72. The van der Waals surface area contributed by atoms with Crippen molar-refractivity contribution in [3.63, 3.8) is 0 Å². The van der Waals surface area contributed by atoms with Gasteiger partial charge < -0.3 is 15.8 Å². The van der Waals surface area contributed by atoms with Crippen molar-refractivity contribution in [2.45, 2.75) is 31.0 Å². The number of hydrogen-bond donors (Lipinski definition) is 2. The number of nitrogen functional groups attached to an aromatic ring is 1. The van der Waals surface area contributed by atoms with Crippen LogP contribution in [0.25, 0.3) is 11.1 Å². The third kappa shape index (κ3) is 5.02. The summed E-state index contributed by atoms with van der Waals surface area (Å²) in [6, 6.07) is 0.171. The Kier molecular flexibility index (Phi) is 4.15. The van der Waals surface area contributed by atoms with Gasteiger partial charge in [0.1, 0.15) is 5.82 Å². The van der Waals surface area contributed by atoms with Crippen molar-refractivity contribution >= 4 is 29.0 Å². The van der Waals surface area contributed by atoms with Gasteiger partial charge in [0.05, 0.1) is 18.6 Å². The van der Waals surface area contributed by atoms with Gasteiger partial charge in [-0.1, -0.05) is 23.2 Å². The molecule has 0 bridgehead atoms. The molecule has 1 saturated heterocycles. The molecule has 1 atom stereocenters. The highest BCUT2D eigenvalue weighted by atomic mass is 35.5. The minimum atomic E-state index is -5.55. The lowest BCUT2D eigenvalue weighted by atomic mass is 10.1. The van der Waals surface area contributed by atoms with Gasteiger partial charge in [-0.2, -0.15) is 18.3 Å². The molecule has 1 unspecified atom stereocenters. The van der Waals surface area contributed by atoms with E-state index in [9.17, 15) is 17.6 Å². The van der Waals surface area contributed by atoms with Crippen molar-refractivity contribution in [2.75, 3.05) is 18.7 Å². The molecule has 1 aliphatic rings. The summed E-state index contributed by atoms with van der Waals surface area (Å²) < 4.78 is 135. The lowest BCUT2D eigenvalue weighted by molar-refractivity contribution is -0.197. The van der Waals surface area contributed by atoms with Crippen molar-refractivity contribution in [2.24, 2.45) is 0 Å². The van der Waals surface area contributed by atoms with Crippen LogP contribution in [0.2, 0.25) is 10.0 Å². The van der Waals surface area contributed by atoms with Gasteiger partial charge in [0.15, 0.2) is 11.6 Å². The summed E-state index contributed by atoms with van der Waals surface area (Å²) in [5.41, 5.74) is 4.33. The van der Waals surface area contributed by atoms with Gasteiger partial charge in [-0.15, -0.1) is 0 Å². The maximum atomic E-state index is 14.2. The molecule has 0 aliphatic carbocycles. The quantitative estimate of drug-likeness (QED) is 0.344. The molecule has 0 radical (unpaired) electrons. The highest BCUT2D eigenvalue weighted by Gasteiger charge is 2.46. The van der Waals surface area contributed by atoms with Gasteiger partial charge in [-0.25, -0.2) is 9.37 Å². The van der Waals surface area contributed by atoms with Crippen LogP contribution in [0, 0.1) is 5.82 Å². The first-order chi connectivity index (χ1) is 19.0. The van der Waals surface area contributed by atoms with Gasteiger partial charge in [0.2, 0.25) is 6.08 Å². The largest absolute Gasteiger partial charge is 0.472 e. The predicted molar refractivity (Wildman–Crippen MR) is 117 cm³/mol. The maximum absolute atomic E-state index is 14.2. The molecule has 0 saturated carbocycles. The van der Waals surface area contributed by atoms with E-state index in [0.717, 1.165) is 30.7 Å². The van der Waals surface area contributed by atoms with Crippen molar-refractivity contribution < 1.29 is 34.6 Å². The Hall–Kier alpha value is -2.56. The van der Waals surface area contributed by atoms with Crippen molar-refractivity contribution in [1.82, 2.24) is 20.1 Å². The molecule has 3 aromatic rings. The fourth-order valence-electron chi connectivity index (χ4n) is 2.83. The minimum absolute atomic E-state index is 0.0389. The molecule has 1 aliphatic heterocycles. The number of nitrogens with one attached hydrogen (secondary N) is 1. The molecule has 12 heteroatoms. The summed E-state index contributed by atoms with van der Waals surface area (Å²) in [7, 11) is 0. The molecule has 1 aromatic carbocycles. The summed E-state index contributed by atoms with van der Waals surface area (Å²) >= 11 is 11.6. The number of anilines is 1. The molecular formula is C21H19Cl2F4N5O. The van der Waals surface area contributed by atoms with E-state index >= 15 is 0 Å². The number of halogens is 6. The Labute approximate surface area is 209 Å². The number of alkyl halides is 3. The van der Waals surface area contributed by atoms with E-state index in [0.29, 0.717) is 10.7 Å². The molecule has 6 nitrogen and oxygen atoms in total. The van der Waals surface area contributed by atoms with Gasteiger partial charge >= 0.3 is 6.18 Å². The van der Waals surface area contributed by atoms with Crippen LogP contribution < -0.4 is 15.8 Å². The monoisotopic (exact) mass is 512 g/mol. The van der Waals surface area contributed by atoms with E-state index in [1.165, 1.54) is 0 Å². The first-order valence-corrected chi connectivity index (χ1v) is 9.72. The van der Waals surface area contributed by atoms with Crippen LogP contribution in [0.4, 0.5) is 23.4 Å². The van der Waals surface area contributed by atoms with Gasteiger partial charge in [0.25, 0.3) is 0 Å². The van der Waals surface area contributed by atoms with E-state index in [-0.39, 0.29) is 11.1 Å². The van der Waals surface area contributed by atoms with Gasteiger partial charge in [0, 0.05) is 45.1 Å². The second-order valence-electron chi connectivity index (χ2n) is 6.53. The second kappa shape index (κ2) is 9.36. The van der Waals surface area contributed by atoms with E-state index < -0.39 is 77.0 Å². The standard InChI is InChI=1S/C21H19Cl2F4N5O/c22-14-1-2-15(24)18(23)17(14)19(21(25,26)27)33-16-7-11(8-30-20(16)28)12-9-31-32(10-12)13-3-5-29-6-4-13/h1-2,7-10,13,19,29H,3-6H2,(H2,28,30)/i3D2,4D2,5D2,6D2,19D. The first kappa shape index (κ1) is 14.6. The number of pyridine rings is 1. The van der Waals surface area contributed by atoms with Gasteiger partial charge in [-0.05, 0) is 43.9 Å². The van der Waals surface area contributed by atoms with Crippen LogP contribution in [0.15, 0.2) is 36.8 Å². The number of nitrogens with two attached hydrogens (primary N) is 1. The Morgan fingerprint density at radius 3 is 2.67 bits per heavy atom. The zero-order valence-electron chi connectivity index (χ0n) is 25.1. The number of ether oxygens (including phenoxy) is 1. The van der Waals surface area contributed by atoms with Crippen LogP contribution in [-0.2, 0) is 0 Å². The fourth-order valence-corrected chi connectivity index (χ4v) is 3.37. The summed E-state index contributed by atoms with van der Waals surface area (Å²) in [5.74, 6) is -2.77. The SMILES string of the molecule is [2H]C1([2H])NC([2H])([2H])C([2H])([2H])C(n2cc(-c3cnc(N)c(OC([2H])(c4c(Cl)ccc(F)c4Cl)C(F)(F)F)c3)cn2)C1([2H])[2H]. The van der Waals surface area contributed by atoms with Crippen LogP contribution in [0.3, 0.4) is 0 Å². The number of nitrogens with zero attached hydrogens (tertiary/aromatic N) is 3. The molecule has 33 heavy (non-hydrogen) atoms. The number of rotatable bonds is 5. The zero-order chi connectivity index (χ0) is 31.8. The van der Waals surface area contributed by atoms with E-state index in [4.69, 9.17) is 46.0 Å². The molecule has 1 fully saturated rings. The summed E-state index contributed by atoms with van der Waals surface area (Å²) in [6.07, 6.45) is -12.7. The van der Waals surface area contributed by atoms with E-state index in [2.05, 4.69) is 10.1 Å². The predicted octanol–water partition coefficient (Wildman–Crippen LogP) is 5.58. The molecule has 3 N–H and O–H groups in total. The first-order valence-electron chi connectivity index (χ1n) is 13.5. The third-order valence-electron chi connectivity index (χ3n) is 4.36. The maximum Gasteiger partial charge on any atom is 0.429 e. The highest BCUT2D eigenvalue weighted by Crippen LogP contribution is 2.44. The lowest BCUT2D eigenvalue weighted by Crippen LogP contribution is -2.29. The lowest BCUT2D eigenvalue weighted by Gasteiger charge is -2.24. The Morgan fingerprint density at radius 1 is 1.24 bits per heavy atom. The van der Waals surface area contributed by atoms with Crippen molar-refractivity contribution in [3.8, 4) is 16.9 Å². The Bertz CT molecular complexity index is 1520. The van der Waals surface area contributed by atoms with Crippen LogP contribution in [-0.4, -0.2) is 33.9 Å². The van der Waals surface area contributed by atoms with E-state index in [1.807, 2.05) is 0 Å². The third-order valence-corrected chi connectivity index (χ3v) is 5.05. The number of aromatic nitrogens is 3. The average Bonchev–Trinajstić information content (AvgIpc) is 3.30. The molecule has 2 aromatic heterocycles. The van der Waals surface area contributed by atoms with Crippen LogP contribution in [0.5, 0.6) is 5.75 Å². The number of benzene rings is 1. The van der Waals surface area contributed by atoms with Crippen molar-refractivity contribution in [3.05, 3.63) is 58.2 Å². The Balaban J connectivity index is 1.80. The van der Waals surface area contributed by atoms with Crippen LogP contribution >= 0.6 is 23.2 Å². The smallest absolute Gasteiger partial charge is 0.429 e. The molecule has 4 rings (SSSR count). The second-order valence-corrected chi connectivity index (χ2v) is 7.31. The van der Waals surface area contributed by atoms with E-state index in [1.54, 1.807) is 5.32 Å². The molecule has 0 spiro atoms. The molecule has 3 heterocycles. The minimum Gasteiger partial charge on any atom is -0.472 e. The molecular weight excluding hydrogens is 485 g/mol. The van der Waals surface area contributed by atoms with Gasteiger partial charge in [-0.3, -0.25) is 4.68 Å². The summed E-state index contributed by atoms with van der Waals surface area (Å²) in [4.78, 5) is 3.75. The zero-order valence-corrected chi connectivity index (χ0v) is 17.6. The fraction of sp³-hybridized carbons (Fsp3) is 0.333. The highest BCUT2D eigenvalue weighted by molar-refractivity contribution is 6.36. The molecule has 176 valence electrons. The molecule has 0 amide bonds.